The molecule has 10 heteroatoms. The molecule has 170 valence electrons. The maximum absolute atomic E-state index is 12.7. The van der Waals surface area contributed by atoms with Crippen LogP contribution in [0.25, 0.3) is 10.9 Å². The number of anilines is 1. The van der Waals surface area contributed by atoms with Crippen LogP contribution < -0.4 is 10.0 Å². The number of nitrogens with zero attached hydrogens (tertiary/aromatic N) is 1. The molecule has 0 aliphatic heterocycles. The number of hydrogen-bond donors (Lipinski definition) is 2. The predicted molar refractivity (Wildman–Crippen MR) is 126 cm³/mol. The summed E-state index contributed by atoms with van der Waals surface area (Å²) in [5, 5.41) is 5.20. The highest BCUT2D eigenvalue weighted by Gasteiger charge is 2.26. The molecule has 2 N–H and O–H groups in total. The number of nitrogens with one attached hydrogen (secondary N) is 2. The summed E-state index contributed by atoms with van der Waals surface area (Å²) in [7, 11) is -7.09. The molecule has 0 amide bonds. The summed E-state index contributed by atoms with van der Waals surface area (Å²) in [6, 6.07) is 12.9. The zero-order chi connectivity index (χ0) is 22.9. The smallest absolute Gasteiger partial charge is 0.240 e. The first-order valence-electron chi connectivity index (χ1n) is 10.2. The molecule has 1 aliphatic carbocycles. The Bertz CT molecular complexity index is 1340. The van der Waals surface area contributed by atoms with Gasteiger partial charge in [0.2, 0.25) is 10.0 Å². The van der Waals surface area contributed by atoms with Crippen molar-refractivity contribution in [3.8, 4) is 0 Å². The minimum absolute atomic E-state index is 0.0621. The summed E-state index contributed by atoms with van der Waals surface area (Å²) in [5.74, 6) is 0. The van der Waals surface area contributed by atoms with Gasteiger partial charge < -0.3 is 5.32 Å². The van der Waals surface area contributed by atoms with Gasteiger partial charge in [0.15, 0.2) is 9.84 Å². The van der Waals surface area contributed by atoms with E-state index in [2.05, 4.69) is 15.0 Å². The topological polar surface area (TPSA) is 105 Å². The summed E-state index contributed by atoms with van der Waals surface area (Å²) in [4.78, 5) is 4.51. The lowest BCUT2D eigenvalue weighted by molar-refractivity contribution is 0.387. The molecule has 0 radical (unpaired) electrons. The molecule has 1 aromatic heterocycles. The van der Waals surface area contributed by atoms with Crippen molar-refractivity contribution in [2.75, 3.05) is 11.6 Å². The van der Waals surface area contributed by atoms with Crippen molar-refractivity contribution >= 4 is 48.1 Å². The Labute approximate surface area is 193 Å². The number of benzene rings is 2. The van der Waals surface area contributed by atoms with Crippen molar-refractivity contribution in [2.45, 2.75) is 47.6 Å². The molecule has 4 rings (SSSR count). The Morgan fingerprint density at radius 3 is 2.16 bits per heavy atom. The molecule has 1 fully saturated rings. The lowest BCUT2D eigenvalue weighted by atomic mass is 9.91. The van der Waals surface area contributed by atoms with Gasteiger partial charge in [0.05, 0.1) is 15.3 Å². The van der Waals surface area contributed by atoms with E-state index in [0.717, 1.165) is 35.7 Å². The molecule has 0 unspecified atom stereocenters. The highest BCUT2D eigenvalue weighted by atomic mass is 35.5. The molecular weight excluding hydrogens is 470 g/mol. The summed E-state index contributed by atoms with van der Waals surface area (Å²) in [6.07, 6.45) is 5.87. The Kier molecular flexibility index (Phi) is 6.44. The SMILES string of the molecule is CS(=O)(=O)c1ccc(S(=O)(=O)N[C@H]2CC[C@@H](Nc3ccnc4cc(Cl)ccc34)CC2)cc1. The Morgan fingerprint density at radius 1 is 0.875 bits per heavy atom. The van der Waals surface area contributed by atoms with E-state index in [4.69, 9.17) is 11.6 Å². The molecule has 0 spiro atoms. The van der Waals surface area contributed by atoms with Crippen LogP contribution in [0.3, 0.4) is 0 Å². The van der Waals surface area contributed by atoms with Crippen LogP contribution in [0, 0.1) is 0 Å². The van der Waals surface area contributed by atoms with Gasteiger partial charge in [-0.05, 0) is 74.2 Å². The van der Waals surface area contributed by atoms with Crippen LogP contribution >= 0.6 is 11.6 Å². The third-order valence-corrected chi connectivity index (χ3v) is 8.58. The second-order valence-electron chi connectivity index (χ2n) is 8.08. The maximum Gasteiger partial charge on any atom is 0.240 e. The number of aromatic nitrogens is 1. The van der Waals surface area contributed by atoms with E-state index in [1.165, 1.54) is 24.3 Å². The monoisotopic (exact) mass is 493 g/mol. The van der Waals surface area contributed by atoms with E-state index >= 15 is 0 Å². The Morgan fingerprint density at radius 2 is 1.50 bits per heavy atom. The first kappa shape index (κ1) is 23.0. The van der Waals surface area contributed by atoms with Crippen LogP contribution in [0.5, 0.6) is 0 Å². The lowest BCUT2D eigenvalue weighted by Gasteiger charge is -2.30. The van der Waals surface area contributed by atoms with E-state index in [9.17, 15) is 16.8 Å². The average Bonchev–Trinajstić information content (AvgIpc) is 2.74. The van der Waals surface area contributed by atoms with Gasteiger partial charge in [0, 0.05) is 40.6 Å². The fourth-order valence-electron chi connectivity index (χ4n) is 3.98. The molecule has 3 aromatic rings. The molecule has 1 aliphatic rings. The van der Waals surface area contributed by atoms with Gasteiger partial charge in [-0.3, -0.25) is 4.98 Å². The summed E-state index contributed by atoms with van der Waals surface area (Å²) in [5.41, 5.74) is 1.81. The zero-order valence-electron chi connectivity index (χ0n) is 17.5. The van der Waals surface area contributed by atoms with Crippen LogP contribution in [-0.4, -0.2) is 40.2 Å². The van der Waals surface area contributed by atoms with Gasteiger partial charge >= 0.3 is 0 Å². The van der Waals surface area contributed by atoms with Crippen LogP contribution in [0.4, 0.5) is 5.69 Å². The van der Waals surface area contributed by atoms with Crippen molar-refractivity contribution in [3.63, 3.8) is 0 Å². The lowest BCUT2D eigenvalue weighted by Crippen LogP contribution is -2.40. The first-order chi connectivity index (χ1) is 15.1. The van der Waals surface area contributed by atoms with E-state index in [1.807, 2.05) is 24.3 Å². The van der Waals surface area contributed by atoms with Crippen molar-refractivity contribution in [1.29, 1.82) is 0 Å². The van der Waals surface area contributed by atoms with Crippen LogP contribution in [0.15, 0.2) is 64.5 Å². The highest BCUT2D eigenvalue weighted by molar-refractivity contribution is 7.90. The fourth-order valence-corrected chi connectivity index (χ4v) is 6.08. The van der Waals surface area contributed by atoms with Gasteiger partial charge in [-0.2, -0.15) is 0 Å². The third-order valence-electron chi connectivity index (χ3n) is 5.68. The third kappa shape index (κ3) is 5.23. The molecule has 0 bridgehead atoms. The average molecular weight is 494 g/mol. The number of halogens is 1. The van der Waals surface area contributed by atoms with E-state index in [0.29, 0.717) is 17.9 Å². The van der Waals surface area contributed by atoms with Gasteiger partial charge in [0.25, 0.3) is 0 Å². The number of rotatable bonds is 6. The maximum atomic E-state index is 12.7. The molecule has 1 heterocycles. The standard InChI is InChI=1S/C22H24ClN3O4S2/c1-31(27,28)18-7-9-19(10-8-18)32(29,30)26-17-5-3-16(4-6-17)25-21-12-13-24-22-14-15(23)2-11-20(21)22/h2,7-14,16-17,26H,3-6H2,1H3,(H,24,25)/t16-,17+. The largest absolute Gasteiger partial charge is 0.382 e. The summed E-state index contributed by atoms with van der Waals surface area (Å²) in [6.45, 7) is 0. The quantitative estimate of drug-likeness (QED) is 0.537. The number of fused-ring (bicyclic) bond motifs is 1. The Balaban J connectivity index is 1.38. The minimum Gasteiger partial charge on any atom is -0.382 e. The molecule has 7 nitrogen and oxygen atoms in total. The van der Waals surface area contributed by atoms with Gasteiger partial charge in [-0.1, -0.05) is 11.6 Å². The Hall–Kier alpha value is -2.20. The molecule has 0 saturated heterocycles. The van der Waals surface area contributed by atoms with Crippen LogP contribution in [-0.2, 0) is 19.9 Å². The van der Waals surface area contributed by atoms with Gasteiger partial charge in [-0.15, -0.1) is 0 Å². The summed E-state index contributed by atoms with van der Waals surface area (Å²) >= 11 is 6.06. The predicted octanol–water partition coefficient (Wildman–Crippen LogP) is 3.99. The number of hydrogen-bond acceptors (Lipinski definition) is 6. The van der Waals surface area contributed by atoms with Crippen molar-refractivity contribution < 1.29 is 16.8 Å². The van der Waals surface area contributed by atoms with E-state index in [1.54, 1.807) is 6.20 Å². The molecule has 0 atom stereocenters. The number of pyridine rings is 1. The van der Waals surface area contributed by atoms with Crippen molar-refractivity contribution in [1.82, 2.24) is 9.71 Å². The van der Waals surface area contributed by atoms with Crippen LogP contribution in [0.2, 0.25) is 5.02 Å². The van der Waals surface area contributed by atoms with Crippen molar-refractivity contribution in [3.05, 3.63) is 59.8 Å². The first-order valence-corrected chi connectivity index (χ1v) is 14.0. The minimum atomic E-state index is -3.72. The second kappa shape index (κ2) is 8.97. The zero-order valence-corrected chi connectivity index (χ0v) is 19.8. The van der Waals surface area contributed by atoms with Crippen molar-refractivity contribution in [2.24, 2.45) is 0 Å². The van der Waals surface area contributed by atoms with Gasteiger partial charge in [0.1, 0.15) is 0 Å². The normalized spacial score (nSPS) is 19.7. The highest BCUT2D eigenvalue weighted by Crippen LogP contribution is 2.28. The molecule has 32 heavy (non-hydrogen) atoms. The molecular formula is C22H24ClN3O4S2. The number of sulfonamides is 1. The van der Waals surface area contributed by atoms with E-state index in [-0.39, 0.29) is 21.9 Å². The van der Waals surface area contributed by atoms with Crippen LogP contribution in [0.1, 0.15) is 25.7 Å². The second-order valence-corrected chi connectivity index (χ2v) is 12.2. The fraction of sp³-hybridized carbons (Fsp3) is 0.318. The summed E-state index contributed by atoms with van der Waals surface area (Å²) < 4.78 is 51.3. The van der Waals surface area contributed by atoms with E-state index < -0.39 is 19.9 Å². The van der Waals surface area contributed by atoms with Gasteiger partial charge in [-0.25, -0.2) is 21.6 Å². The molecule has 2 aromatic carbocycles. The molecule has 1 saturated carbocycles. The number of sulfone groups is 1.